The zero-order chi connectivity index (χ0) is 20.0. The molecule has 0 radical (unpaired) electrons. The van der Waals surface area contributed by atoms with Gasteiger partial charge in [-0.3, -0.25) is 0 Å². The first-order chi connectivity index (χ1) is 12.5. The van der Waals surface area contributed by atoms with Gasteiger partial charge >= 0.3 is 12.4 Å². The zero-order valence-electron chi connectivity index (χ0n) is 13.7. The van der Waals surface area contributed by atoms with Gasteiger partial charge in [-0.1, -0.05) is 12.1 Å². The third-order valence-corrected chi connectivity index (χ3v) is 4.03. The molecule has 0 N–H and O–H groups in total. The number of nitrogens with zero attached hydrogens (tertiary/aromatic N) is 2. The van der Waals surface area contributed by atoms with Gasteiger partial charge in [0.1, 0.15) is 11.6 Å². The van der Waals surface area contributed by atoms with Crippen molar-refractivity contribution >= 4 is 0 Å². The molecule has 0 aliphatic heterocycles. The van der Waals surface area contributed by atoms with Gasteiger partial charge in [0.05, 0.1) is 28.6 Å². The minimum Gasteiger partial charge on any atom is -0.327 e. The van der Waals surface area contributed by atoms with Crippen LogP contribution in [0.3, 0.4) is 0 Å². The van der Waals surface area contributed by atoms with Gasteiger partial charge in [-0.2, -0.15) is 26.3 Å². The number of halogens is 7. The number of hydrogen-bond donors (Lipinski definition) is 0. The van der Waals surface area contributed by atoms with Crippen molar-refractivity contribution in [1.82, 2.24) is 9.55 Å². The molecule has 0 saturated heterocycles. The molecule has 0 amide bonds. The van der Waals surface area contributed by atoms with Crippen molar-refractivity contribution in [2.75, 3.05) is 0 Å². The largest absolute Gasteiger partial charge is 0.416 e. The first-order valence-corrected chi connectivity index (χ1v) is 7.55. The standard InChI is InChI=1S/C18H11F7N2/c1-27-15(10-2-4-11(5-3-10)17(20,21)22)9-26-16(27)13-7-6-12(8-14(13)19)18(23,24)25/h2-9H,1H3. The number of hydrogen-bond acceptors (Lipinski definition) is 1. The molecule has 1 heterocycles. The van der Waals surface area contributed by atoms with Gasteiger partial charge in [0.25, 0.3) is 0 Å². The van der Waals surface area contributed by atoms with Crippen molar-refractivity contribution < 1.29 is 30.7 Å². The lowest BCUT2D eigenvalue weighted by molar-refractivity contribution is -0.138. The lowest BCUT2D eigenvalue weighted by atomic mass is 10.1. The van der Waals surface area contributed by atoms with Crippen LogP contribution < -0.4 is 0 Å². The number of alkyl halides is 6. The van der Waals surface area contributed by atoms with Crippen LogP contribution in [0.5, 0.6) is 0 Å². The maximum absolute atomic E-state index is 14.2. The highest BCUT2D eigenvalue weighted by molar-refractivity contribution is 5.66. The summed E-state index contributed by atoms with van der Waals surface area (Å²) in [6.45, 7) is 0. The van der Waals surface area contributed by atoms with Crippen molar-refractivity contribution in [2.24, 2.45) is 7.05 Å². The lowest BCUT2D eigenvalue weighted by Gasteiger charge is -2.11. The summed E-state index contributed by atoms with van der Waals surface area (Å²) >= 11 is 0. The molecule has 3 aromatic rings. The molecule has 1 aromatic heterocycles. The van der Waals surface area contributed by atoms with Gasteiger partial charge in [0.15, 0.2) is 0 Å². The summed E-state index contributed by atoms with van der Waals surface area (Å²) in [4.78, 5) is 4.01. The Morgan fingerprint density at radius 1 is 0.815 bits per heavy atom. The normalized spacial score (nSPS) is 12.4. The summed E-state index contributed by atoms with van der Waals surface area (Å²) in [5.74, 6) is -1.05. The van der Waals surface area contributed by atoms with Crippen molar-refractivity contribution in [1.29, 1.82) is 0 Å². The Balaban J connectivity index is 1.99. The van der Waals surface area contributed by atoms with Gasteiger partial charge in [-0.25, -0.2) is 9.37 Å². The van der Waals surface area contributed by atoms with Crippen molar-refractivity contribution in [3.63, 3.8) is 0 Å². The summed E-state index contributed by atoms with van der Waals surface area (Å²) in [6.07, 6.45) is -7.83. The number of aromatic nitrogens is 2. The second kappa shape index (κ2) is 6.40. The average molecular weight is 388 g/mol. The second-order valence-electron chi connectivity index (χ2n) is 5.79. The highest BCUT2D eigenvalue weighted by Gasteiger charge is 2.32. The molecule has 0 atom stereocenters. The second-order valence-corrected chi connectivity index (χ2v) is 5.79. The Bertz CT molecular complexity index is 967. The SMILES string of the molecule is Cn1c(-c2ccc(C(F)(F)F)cc2)cnc1-c1ccc(C(F)(F)F)cc1F. The summed E-state index contributed by atoms with van der Waals surface area (Å²) in [6, 6.07) is 6.38. The van der Waals surface area contributed by atoms with Gasteiger partial charge in [-0.05, 0) is 35.9 Å². The number of imidazole rings is 1. The molecule has 9 heteroatoms. The Morgan fingerprint density at radius 3 is 1.89 bits per heavy atom. The van der Waals surface area contributed by atoms with Gasteiger partial charge in [0, 0.05) is 7.05 Å². The third kappa shape index (κ3) is 3.67. The molecule has 27 heavy (non-hydrogen) atoms. The summed E-state index contributed by atoms with van der Waals surface area (Å²) < 4.78 is 91.5. The molecule has 2 aromatic carbocycles. The number of benzene rings is 2. The summed E-state index contributed by atoms with van der Waals surface area (Å²) in [5.41, 5.74) is -1.30. The fraction of sp³-hybridized carbons (Fsp3) is 0.167. The van der Waals surface area contributed by atoms with E-state index in [2.05, 4.69) is 4.98 Å². The molecule has 0 fully saturated rings. The molecule has 3 rings (SSSR count). The van der Waals surface area contributed by atoms with Crippen LogP contribution in [0.4, 0.5) is 30.7 Å². The third-order valence-electron chi connectivity index (χ3n) is 4.03. The average Bonchev–Trinajstić information content (AvgIpc) is 2.94. The Kier molecular flexibility index (Phi) is 4.49. The minimum absolute atomic E-state index is 0.0520. The number of rotatable bonds is 2. The zero-order valence-corrected chi connectivity index (χ0v) is 13.7. The van der Waals surface area contributed by atoms with E-state index in [1.54, 1.807) is 0 Å². The van der Waals surface area contributed by atoms with Crippen LogP contribution in [0.1, 0.15) is 11.1 Å². The molecular formula is C18H11F7N2. The molecule has 2 nitrogen and oxygen atoms in total. The molecule has 142 valence electrons. The van der Waals surface area contributed by atoms with Crippen LogP contribution in [-0.2, 0) is 19.4 Å². The smallest absolute Gasteiger partial charge is 0.327 e. The van der Waals surface area contributed by atoms with Crippen LogP contribution in [0.25, 0.3) is 22.6 Å². The lowest BCUT2D eigenvalue weighted by Crippen LogP contribution is -2.06. The Labute approximate surface area is 148 Å². The fourth-order valence-corrected chi connectivity index (χ4v) is 2.63. The van der Waals surface area contributed by atoms with E-state index in [-0.39, 0.29) is 11.4 Å². The van der Waals surface area contributed by atoms with E-state index in [0.717, 1.165) is 24.3 Å². The van der Waals surface area contributed by atoms with Crippen LogP contribution in [0.15, 0.2) is 48.7 Å². The molecule has 0 bridgehead atoms. The van der Waals surface area contributed by atoms with Crippen molar-refractivity contribution in [3.8, 4) is 22.6 Å². The van der Waals surface area contributed by atoms with E-state index in [4.69, 9.17) is 0 Å². The van der Waals surface area contributed by atoms with Crippen LogP contribution >= 0.6 is 0 Å². The maximum atomic E-state index is 14.2. The van der Waals surface area contributed by atoms with E-state index in [0.29, 0.717) is 17.3 Å². The van der Waals surface area contributed by atoms with Crippen molar-refractivity contribution in [2.45, 2.75) is 12.4 Å². The van der Waals surface area contributed by atoms with Crippen molar-refractivity contribution in [3.05, 3.63) is 65.6 Å². The highest BCUT2D eigenvalue weighted by Crippen LogP contribution is 2.34. The summed E-state index contributed by atoms with van der Waals surface area (Å²) in [7, 11) is 1.49. The van der Waals surface area contributed by atoms with E-state index in [1.807, 2.05) is 0 Å². The fourth-order valence-electron chi connectivity index (χ4n) is 2.63. The summed E-state index contributed by atoms with van der Waals surface area (Å²) in [5, 5.41) is 0. The molecule has 0 aliphatic carbocycles. The molecule has 0 spiro atoms. The Hall–Kier alpha value is -2.84. The van der Waals surface area contributed by atoms with Gasteiger partial charge in [0.2, 0.25) is 0 Å². The van der Waals surface area contributed by atoms with E-state index in [9.17, 15) is 30.7 Å². The van der Waals surface area contributed by atoms with Crippen LogP contribution in [0.2, 0.25) is 0 Å². The van der Waals surface area contributed by atoms with E-state index in [1.165, 1.54) is 29.9 Å². The molecular weight excluding hydrogens is 377 g/mol. The quantitative estimate of drug-likeness (QED) is 0.498. The minimum atomic E-state index is -4.67. The molecule has 0 saturated carbocycles. The first kappa shape index (κ1) is 18.9. The monoisotopic (exact) mass is 388 g/mol. The molecule has 0 unspecified atom stereocenters. The van der Waals surface area contributed by atoms with Gasteiger partial charge in [-0.15, -0.1) is 0 Å². The first-order valence-electron chi connectivity index (χ1n) is 7.55. The highest BCUT2D eigenvalue weighted by atomic mass is 19.4. The molecule has 0 aliphatic rings. The van der Waals surface area contributed by atoms with E-state index < -0.39 is 29.3 Å². The van der Waals surface area contributed by atoms with E-state index >= 15 is 0 Å². The predicted octanol–water partition coefficient (Wildman–Crippen LogP) is 5.93. The van der Waals surface area contributed by atoms with Crippen LogP contribution in [-0.4, -0.2) is 9.55 Å². The topological polar surface area (TPSA) is 17.8 Å². The predicted molar refractivity (Wildman–Crippen MR) is 84.0 cm³/mol. The van der Waals surface area contributed by atoms with Crippen LogP contribution in [0, 0.1) is 5.82 Å². The Morgan fingerprint density at radius 2 is 1.37 bits per heavy atom. The van der Waals surface area contributed by atoms with Gasteiger partial charge < -0.3 is 4.57 Å². The maximum Gasteiger partial charge on any atom is 0.416 e.